The summed E-state index contributed by atoms with van der Waals surface area (Å²) in [6, 6.07) is 5.45. The first-order chi connectivity index (χ1) is 18.5. The number of pyridine rings is 2. The third-order valence-electron chi connectivity index (χ3n) is 7.00. The molecule has 1 saturated heterocycles. The van der Waals surface area contributed by atoms with E-state index in [1.807, 2.05) is 11.8 Å². The largest absolute Gasteiger partial charge is 0.453 e. The van der Waals surface area contributed by atoms with Crippen LogP contribution in [-0.2, 0) is 11.2 Å². The normalized spacial score (nSPS) is 19.1. The van der Waals surface area contributed by atoms with E-state index in [1.165, 1.54) is 25.0 Å². The maximum absolute atomic E-state index is 14.6. The second kappa shape index (κ2) is 11.4. The van der Waals surface area contributed by atoms with Crippen LogP contribution in [0, 0.1) is 30.3 Å². The van der Waals surface area contributed by atoms with Crippen molar-refractivity contribution >= 4 is 17.6 Å². The van der Waals surface area contributed by atoms with Gasteiger partial charge in [-0.1, -0.05) is 6.92 Å². The van der Waals surface area contributed by atoms with Crippen molar-refractivity contribution in [3.05, 3.63) is 77.0 Å². The van der Waals surface area contributed by atoms with Crippen molar-refractivity contribution in [1.29, 1.82) is 0 Å². The molecular weight excluding hydrogens is 511 g/mol. The van der Waals surface area contributed by atoms with Crippen molar-refractivity contribution < 1.29 is 27.5 Å². The van der Waals surface area contributed by atoms with Crippen LogP contribution in [0.4, 0.5) is 23.7 Å². The summed E-state index contributed by atoms with van der Waals surface area (Å²) < 4.78 is 48.5. The molecule has 3 aromatic rings. The van der Waals surface area contributed by atoms with Crippen LogP contribution in [0.1, 0.15) is 28.5 Å². The number of ketones is 1. The van der Waals surface area contributed by atoms with Gasteiger partial charge in [-0.15, -0.1) is 0 Å². The van der Waals surface area contributed by atoms with Crippen LogP contribution in [0.15, 0.2) is 42.7 Å². The summed E-state index contributed by atoms with van der Waals surface area (Å²) in [6.45, 7) is 4.45. The zero-order chi connectivity index (χ0) is 28.4. The van der Waals surface area contributed by atoms with Crippen molar-refractivity contribution in [2.24, 2.45) is 11.7 Å². The Bertz CT molecular complexity index is 1370. The Morgan fingerprint density at radius 3 is 2.46 bits per heavy atom. The van der Waals surface area contributed by atoms with Crippen molar-refractivity contribution in [1.82, 2.24) is 14.9 Å². The molecule has 206 valence electrons. The summed E-state index contributed by atoms with van der Waals surface area (Å²) in [5, 5.41) is 0. The summed E-state index contributed by atoms with van der Waals surface area (Å²) in [5.41, 5.74) is 6.79. The van der Waals surface area contributed by atoms with Crippen LogP contribution in [0.2, 0.25) is 0 Å². The highest BCUT2D eigenvalue weighted by molar-refractivity contribution is 5.97. The van der Waals surface area contributed by atoms with E-state index >= 15 is 0 Å². The van der Waals surface area contributed by atoms with Crippen molar-refractivity contribution in [3.8, 4) is 11.3 Å². The minimum Gasteiger partial charge on any atom is -0.453 e. The number of aromatic nitrogens is 2. The third-order valence-corrected chi connectivity index (χ3v) is 7.00. The number of aryl methyl sites for hydroxylation is 1. The highest BCUT2D eigenvalue weighted by Gasteiger charge is 2.38. The number of ether oxygens (including phenoxy) is 1. The molecule has 1 aromatic carbocycles. The van der Waals surface area contributed by atoms with Crippen LogP contribution in [-0.4, -0.2) is 66.1 Å². The Kier molecular flexibility index (Phi) is 8.19. The van der Waals surface area contributed by atoms with Crippen molar-refractivity contribution in [2.75, 3.05) is 32.1 Å². The number of amides is 1. The first kappa shape index (κ1) is 28.0. The van der Waals surface area contributed by atoms with Gasteiger partial charge in [0.25, 0.3) is 0 Å². The Hall–Kier alpha value is -3.99. The Labute approximate surface area is 224 Å². The lowest BCUT2D eigenvalue weighted by Crippen LogP contribution is -2.62. The summed E-state index contributed by atoms with van der Waals surface area (Å²) in [5.74, 6) is -3.38. The molecule has 11 heteroatoms. The number of methoxy groups -OCH3 is 1. The van der Waals surface area contributed by atoms with Crippen molar-refractivity contribution in [2.45, 2.75) is 32.4 Å². The van der Waals surface area contributed by atoms with E-state index in [2.05, 4.69) is 9.97 Å². The molecule has 0 saturated carbocycles. The number of hydrogen-bond acceptors (Lipinski definition) is 7. The second-order valence-corrected chi connectivity index (χ2v) is 9.85. The second-order valence-electron chi connectivity index (χ2n) is 9.85. The van der Waals surface area contributed by atoms with Crippen LogP contribution in [0.3, 0.4) is 0 Å². The predicted octanol–water partition coefficient (Wildman–Crippen LogP) is 4.14. The number of hydrogen-bond donors (Lipinski definition) is 1. The first-order valence-corrected chi connectivity index (χ1v) is 12.4. The summed E-state index contributed by atoms with van der Waals surface area (Å²) in [4.78, 5) is 37.0. The molecule has 4 rings (SSSR count). The zero-order valence-electron chi connectivity index (χ0n) is 22.1. The monoisotopic (exact) mass is 541 g/mol. The van der Waals surface area contributed by atoms with E-state index in [-0.39, 0.29) is 24.1 Å². The van der Waals surface area contributed by atoms with Gasteiger partial charge in [0.05, 0.1) is 18.7 Å². The first-order valence-electron chi connectivity index (χ1n) is 12.4. The average Bonchev–Trinajstić information content (AvgIpc) is 2.88. The number of carbonyl (C=O) groups excluding carboxylic acids is 2. The molecule has 0 spiro atoms. The number of nitrogens with two attached hydrogens (primary N) is 1. The van der Waals surface area contributed by atoms with Gasteiger partial charge < -0.3 is 20.3 Å². The molecular formula is C28H30F3N5O3. The van der Waals surface area contributed by atoms with E-state index in [9.17, 15) is 22.8 Å². The molecule has 2 aromatic heterocycles. The fourth-order valence-electron chi connectivity index (χ4n) is 5.27. The number of carbonyl (C=O) groups is 2. The van der Waals surface area contributed by atoms with Gasteiger partial charge >= 0.3 is 6.09 Å². The van der Waals surface area contributed by atoms with Gasteiger partial charge in [-0.05, 0) is 48.7 Å². The molecule has 1 fully saturated rings. The highest BCUT2D eigenvalue weighted by Crippen LogP contribution is 2.30. The molecule has 0 radical (unpaired) electrons. The molecule has 1 aliphatic heterocycles. The van der Waals surface area contributed by atoms with E-state index in [0.29, 0.717) is 24.2 Å². The fourth-order valence-corrected chi connectivity index (χ4v) is 5.27. The number of Topliss-reactive ketones (excluding diaryl/α,β-unsaturated/α-hetero) is 1. The SMILES string of the molecule is COC(=O)N(C)[C@@H]1[C@H](N)CN(c2ccncc2CC(=O)c2ccc(F)c(-c3c(F)cc(C)cc3F)n2)C[C@@H]1C. The van der Waals surface area contributed by atoms with Gasteiger partial charge in [0, 0.05) is 56.2 Å². The van der Waals surface area contributed by atoms with E-state index in [1.54, 1.807) is 25.5 Å². The molecule has 2 N–H and O–H groups in total. The number of rotatable bonds is 6. The molecule has 1 aliphatic rings. The Balaban J connectivity index is 1.59. The predicted molar refractivity (Wildman–Crippen MR) is 140 cm³/mol. The number of piperidine rings is 1. The van der Waals surface area contributed by atoms with E-state index < -0.39 is 46.6 Å². The number of anilines is 1. The van der Waals surface area contributed by atoms with E-state index in [4.69, 9.17) is 10.5 Å². The molecule has 3 heterocycles. The number of nitrogens with zero attached hydrogens (tertiary/aromatic N) is 4. The molecule has 8 nitrogen and oxygen atoms in total. The smallest absolute Gasteiger partial charge is 0.409 e. The average molecular weight is 542 g/mol. The highest BCUT2D eigenvalue weighted by atomic mass is 19.1. The van der Waals surface area contributed by atoms with Gasteiger partial charge in [-0.2, -0.15) is 0 Å². The molecule has 0 unspecified atom stereocenters. The van der Waals surface area contributed by atoms with Crippen LogP contribution in [0.5, 0.6) is 0 Å². The van der Waals surface area contributed by atoms with Gasteiger partial charge in [0.15, 0.2) is 5.78 Å². The minimum atomic E-state index is -0.968. The summed E-state index contributed by atoms with van der Waals surface area (Å²) >= 11 is 0. The van der Waals surface area contributed by atoms with Gasteiger partial charge in [-0.25, -0.2) is 22.9 Å². The maximum Gasteiger partial charge on any atom is 0.409 e. The van der Waals surface area contributed by atoms with Gasteiger partial charge in [0.2, 0.25) is 0 Å². The fraction of sp³-hybridized carbons (Fsp3) is 0.357. The number of benzene rings is 1. The third kappa shape index (κ3) is 5.73. The lowest BCUT2D eigenvalue weighted by molar-refractivity contribution is 0.0904. The zero-order valence-corrected chi connectivity index (χ0v) is 22.1. The minimum absolute atomic E-state index is 0.0183. The van der Waals surface area contributed by atoms with Crippen LogP contribution in [0.25, 0.3) is 11.3 Å². The van der Waals surface area contributed by atoms with E-state index in [0.717, 1.165) is 23.9 Å². The maximum atomic E-state index is 14.6. The number of halogens is 3. The number of likely N-dealkylation sites (N-methyl/N-ethyl adjacent to an activating group) is 1. The molecule has 39 heavy (non-hydrogen) atoms. The summed E-state index contributed by atoms with van der Waals surface area (Å²) in [6.07, 6.45) is 2.55. The standard InChI is InChI=1S/C28H30F3N5O3/c1-15-9-19(30)25(20(31)10-15)26-18(29)5-6-22(34-26)24(37)11-17-12-33-8-7-23(17)36-13-16(2)27(21(32)14-36)35(3)28(38)39-4/h5-10,12,16,21,27H,11,13-14,32H2,1-4H3/t16-,21+,27-/m0/s1. The lowest BCUT2D eigenvalue weighted by Gasteiger charge is -2.45. The topological polar surface area (TPSA) is 102 Å². The van der Waals surface area contributed by atoms with Crippen LogP contribution < -0.4 is 10.6 Å². The van der Waals surface area contributed by atoms with Crippen LogP contribution >= 0.6 is 0 Å². The Morgan fingerprint density at radius 1 is 1.13 bits per heavy atom. The molecule has 0 aliphatic carbocycles. The van der Waals surface area contributed by atoms with Gasteiger partial charge in [0.1, 0.15) is 28.8 Å². The van der Waals surface area contributed by atoms with Gasteiger partial charge in [-0.3, -0.25) is 9.78 Å². The lowest BCUT2D eigenvalue weighted by atomic mass is 9.88. The molecule has 1 amide bonds. The quantitative estimate of drug-likeness (QED) is 0.468. The molecule has 3 atom stereocenters. The summed E-state index contributed by atoms with van der Waals surface area (Å²) in [7, 11) is 2.97. The van der Waals surface area contributed by atoms with Crippen molar-refractivity contribution in [3.63, 3.8) is 0 Å². The Morgan fingerprint density at radius 2 is 1.82 bits per heavy atom. The molecule has 0 bridgehead atoms.